The molecule has 0 spiro atoms. The molecule has 18 heavy (non-hydrogen) atoms. The molecule has 0 bridgehead atoms. The van der Waals surface area contributed by atoms with E-state index in [0.717, 1.165) is 25.7 Å². The fraction of sp³-hybridized carbons (Fsp3) is 0.636. The molecule has 3 N–H and O–H groups in total. The van der Waals surface area contributed by atoms with E-state index >= 15 is 0 Å². The maximum Gasteiger partial charge on any atom is 0.251 e. The van der Waals surface area contributed by atoms with E-state index in [4.69, 9.17) is 5.73 Å². The first kappa shape index (κ1) is 14.5. The monoisotopic (exact) mass is 352 g/mol. The molecule has 102 valence electrons. The Morgan fingerprint density at radius 2 is 2.17 bits per heavy atom. The molecule has 1 aliphatic rings. The highest BCUT2D eigenvalue weighted by molar-refractivity contribution is 9.10. The van der Waals surface area contributed by atoms with Gasteiger partial charge in [0, 0.05) is 10.5 Å². The van der Waals surface area contributed by atoms with Gasteiger partial charge in [0.2, 0.25) is 0 Å². The maximum atomic E-state index is 12.3. The summed E-state index contributed by atoms with van der Waals surface area (Å²) in [7, 11) is -3.42. The molecular weight excluding hydrogens is 336 g/mol. The van der Waals surface area contributed by atoms with Crippen LogP contribution in [0.3, 0.4) is 0 Å². The van der Waals surface area contributed by atoms with E-state index in [-0.39, 0.29) is 12.0 Å². The highest BCUT2D eigenvalue weighted by Crippen LogP contribution is 2.30. The van der Waals surface area contributed by atoms with E-state index in [0.29, 0.717) is 15.2 Å². The third kappa shape index (κ3) is 3.14. The van der Waals surface area contributed by atoms with Crippen molar-refractivity contribution in [2.45, 2.75) is 35.9 Å². The molecule has 2 rings (SSSR count). The molecule has 4 nitrogen and oxygen atoms in total. The minimum absolute atomic E-state index is 0.0252. The topological polar surface area (TPSA) is 72.2 Å². The Morgan fingerprint density at radius 1 is 1.44 bits per heavy atom. The number of hydrogen-bond donors (Lipinski definition) is 2. The summed E-state index contributed by atoms with van der Waals surface area (Å²) in [6.45, 7) is 0.540. The molecule has 0 aromatic carbocycles. The van der Waals surface area contributed by atoms with Gasteiger partial charge in [-0.3, -0.25) is 0 Å². The Labute approximate surface area is 120 Å². The zero-order chi connectivity index (χ0) is 13.2. The normalized spacial score (nSPS) is 25.2. The molecule has 1 fully saturated rings. The van der Waals surface area contributed by atoms with Crippen LogP contribution in [0, 0.1) is 5.92 Å². The maximum absolute atomic E-state index is 12.3. The zero-order valence-corrected chi connectivity index (χ0v) is 13.2. The van der Waals surface area contributed by atoms with Crippen molar-refractivity contribution in [1.82, 2.24) is 4.72 Å². The second-order valence-electron chi connectivity index (χ2n) is 4.56. The minimum Gasteiger partial charge on any atom is -0.330 e. The van der Waals surface area contributed by atoms with Crippen molar-refractivity contribution in [3.63, 3.8) is 0 Å². The molecular formula is C11H17BrN2O2S2. The van der Waals surface area contributed by atoms with Crippen LogP contribution in [-0.2, 0) is 10.0 Å². The molecule has 7 heteroatoms. The molecule has 0 saturated heterocycles. The number of thiophene rings is 1. The molecule has 2 atom stereocenters. The van der Waals surface area contributed by atoms with Gasteiger partial charge < -0.3 is 5.73 Å². The van der Waals surface area contributed by atoms with Gasteiger partial charge in [-0.1, -0.05) is 12.8 Å². The van der Waals surface area contributed by atoms with Gasteiger partial charge in [0.05, 0.1) is 0 Å². The number of halogens is 1. The van der Waals surface area contributed by atoms with Gasteiger partial charge in [-0.05, 0) is 52.7 Å². The standard InChI is InChI=1S/C11H17BrN2O2S2/c12-9-5-6-17-11(9)18(15,16)14-10-4-2-1-3-8(10)7-13/h5-6,8,10,14H,1-4,7,13H2. The molecule has 0 radical (unpaired) electrons. The van der Waals surface area contributed by atoms with Gasteiger partial charge in [-0.25, -0.2) is 13.1 Å². The van der Waals surface area contributed by atoms with E-state index in [1.165, 1.54) is 11.3 Å². The van der Waals surface area contributed by atoms with Crippen LogP contribution in [0.4, 0.5) is 0 Å². The number of rotatable bonds is 4. The smallest absolute Gasteiger partial charge is 0.251 e. The summed E-state index contributed by atoms with van der Waals surface area (Å²) in [4.78, 5) is 0. The summed E-state index contributed by atoms with van der Waals surface area (Å²) in [6, 6.07) is 1.73. The summed E-state index contributed by atoms with van der Waals surface area (Å²) >= 11 is 4.49. The van der Waals surface area contributed by atoms with Gasteiger partial charge in [0.1, 0.15) is 4.21 Å². The quantitative estimate of drug-likeness (QED) is 0.873. The molecule has 0 amide bonds. The van der Waals surface area contributed by atoms with Gasteiger partial charge in [0.25, 0.3) is 10.0 Å². The Balaban J connectivity index is 2.15. The molecule has 1 saturated carbocycles. The van der Waals surface area contributed by atoms with Crippen molar-refractivity contribution < 1.29 is 8.42 Å². The largest absolute Gasteiger partial charge is 0.330 e. The molecule has 1 aromatic rings. The highest BCUT2D eigenvalue weighted by atomic mass is 79.9. The minimum atomic E-state index is -3.42. The Kier molecular flexibility index (Phi) is 4.82. The van der Waals surface area contributed by atoms with Gasteiger partial charge in [-0.2, -0.15) is 0 Å². The van der Waals surface area contributed by atoms with Gasteiger partial charge in [0.15, 0.2) is 0 Å². The van der Waals surface area contributed by atoms with Crippen LogP contribution in [0.2, 0.25) is 0 Å². The van der Waals surface area contributed by atoms with E-state index in [9.17, 15) is 8.42 Å². The zero-order valence-electron chi connectivity index (χ0n) is 9.93. The van der Waals surface area contributed by atoms with Crippen molar-refractivity contribution >= 4 is 37.3 Å². The van der Waals surface area contributed by atoms with Crippen LogP contribution in [-0.4, -0.2) is 21.0 Å². The average Bonchev–Trinajstić information content (AvgIpc) is 2.76. The summed E-state index contributed by atoms with van der Waals surface area (Å²) in [5.74, 6) is 0.257. The SMILES string of the molecule is NCC1CCCCC1NS(=O)(=O)c1sccc1Br. The Hall–Kier alpha value is 0.0500. The lowest BCUT2D eigenvalue weighted by Crippen LogP contribution is -2.44. The van der Waals surface area contributed by atoms with Crippen molar-refractivity contribution in [3.05, 3.63) is 15.9 Å². The van der Waals surface area contributed by atoms with Crippen molar-refractivity contribution in [2.75, 3.05) is 6.54 Å². The van der Waals surface area contributed by atoms with Crippen LogP contribution < -0.4 is 10.5 Å². The number of sulfonamides is 1. The lowest BCUT2D eigenvalue weighted by atomic mass is 9.85. The third-order valence-corrected chi connectivity index (χ3v) is 7.51. The number of nitrogens with one attached hydrogen (secondary N) is 1. The van der Waals surface area contributed by atoms with Crippen LogP contribution in [0.25, 0.3) is 0 Å². The predicted molar refractivity (Wildman–Crippen MR) is 77.1 cm³/mol. The first-order chi connectivity index (χ1) is 8.54. The molecule has 0 aliphatic heterocycles. The van der Waals surface area contributed by atoms with Crippen LogP contribution in [0.1, 0.15) is 25.7 Å². The Morgan fingerprint density at radius 3 is 2.78 bits per heavy atom. The van der Waals surface area contributed by atoms with Crippen LogP contribution in [0.15, 0.2) is 20.1 Å². The van der Waals surface area contributed by atoms with Gasteiger partial charge in [-0.15, -0.1) is 11.3 Å². The highest BCUT2D eigenvalue weighted by Gasteiger charge is 2.29. The van der Waals surface area contributed by atoms with Crippen molar-refractivity contribution in [2.24, 2.45) is 11.7 Å². The summed E-state index contributed by atoms with van der Waals surface area (Å²) < 4.78 is 28.3. The van der Waals surface area contributed by atoms with E-state index < -0.39 is 10.0 Å². The fourth-order valence-corrected chi connectivity index (χ4v) is 6.06. The second-order valence-corrected chi connectivity index (χ2v) is 8.24. The third-order valence-electron chi connectivity index (χ3n) is 3.35. The van der Waals surface area contributed by atoms with E-state index in [2.05, 4.69) is 20.7 Å². The van der Waals surface area contributed by atoms with E-state index in [1.54, 1.807) is 11.4 Å². The predicted octanol–water partition coefficient (Wildman–Crippen LogP) is 2.31. The fourth-order valence-electron chi connectivity index (χ4n) is 2.37. The molecule has 1 aliphatic carbocycles. The number of nitrogens with two attached hydrogens (primary N) is 1. The summed E-state index contributed by atoms with van der Waals surface area (Å²) in [5.41, 5.74) is 5.72. The number of hydrogen-bond acceptors (Lipinski definition) is 4. The Bertz CT molecular complexity index is 501. The summed E-state index contributed by atoms with van der Waals surface area (Å²) in [5, 5.41) is 1.76. The lowest BCUT2D eigenvalue weighted by molar-refractivity contribution is 0.296. The second kappa shape index (κ2) is 6.00. The summed E-state index contributed by atoms with van der Waals surface area (Å²) in [6.07, 6.45) is 4.09. The first-order valence-electron chi connectivity index (χ1n) is 6.00. The lowest BCUT2D eigenvalue weighted by Gasteiger charge is -2.30. The first-order valence-corrected chi connectivity index (χ1v) is 9.15. The molecule has 1 aromatic heterocycles. The van der Waals surface area contributed by atoms with Crippen LogP contribution in [0.5, 0.6) is 0 Å². The average molecular weight is 353 g/mol. The van der Waals surface area contributed by atoms with Crippen LogP contribution >= 0.6 is 27.3 Å². The van der Waals surface area contributed by atoms with E-state index in [1.807, 2.05) is 0 Å². The van der Waals surface area contributed by atoms with Crippen molar-refractivity contribution in [3.8, 4) is 0 Å². The van der Waals surface area contributed by atoms with Crippen molar-refractivity contribution in [1.29, 1.82) is 0 Å². The molecule has 1 heterocycles. The molecule has 2 unspecified atom stereocenters. The van der Waals surface area contributed by atoms with Gasteiger partial charge >= 0.3 is 0 Å².